The van der Waals surface area contributed by atoms with Crippen molar-refractivity contribution < 1.29 is 14.1 Å². The molecular formula is C18H14N4O4S. The highest BCUT2D eigenvalue weighted by Gasteiger charge is 2.24. The molecule has 0 radical (unpaired) electrons. The van der Waals surface area contributed by atoms with Gasteiger partial charge in [0.15, 0.2) is 0 Å². The molecule has 0 aliphatic carbocycles. The fourth-order valence-corrected chi connectivity index (χ4v) is 3.78. The Morgan fingerprint density at radius 2 is 2.11 bits per heavy atom. The van der Waals surface area contributed by atoms with Crippen molar-refractivity contribution in [3.8, 4) is 5.69 Å². The van der Waals surface area contributed by atoms with E-state index < -0.39 is 4.92 Å². The minimum atomic E-state index is -0.453. The van der Waals surface area contributed by atoms with Crippen LogP contribution in [0, 0.1) is 10.1 Å². The van der Waals surface area contributed by atoms with E-state index in [-0.39, 0.29) is 11.6 Å². The number of carbonyl (C=O) groups excluding carboxylic acids is 1. The first-order valence-electron chi connectivity index (χ1n) is 8.08. The van der Waals surface area contributed by atoms with E-state index in [9.17, 15) is 14.9 Å². The van der Waals surface area contributed by atoms with Crippen molar-refractivity contribution in [3.63, 3.8) is 0 Å². The second-order valence-electron chi connectivity index (χ2n) is 5.79. The van der Waals surface area contributed by atoms with Gasteiger partial charge in [0.25, 0.3) is 5.69 Å². The van der Waals surface area contributed by atoms with Crippen LogP contribution >= 0.6 is 11.8 Å². The van der Waals surface area contributed by atoms with E-state index in [2.05, 4.69) is 10.4 Å². The molecule has 8 nitrogen and oxygen atoms in total. The second kappa shape index (κ2) is 7.12. The SMILES string of the molecule is O=C(C=Cc1ccco1)Nc1c2c(nn1-c1ccc([N+](=O)[O-])cc1)CSC2. The molecule has 1 N–H and O–H groups in total. The average molecular weight is 382 g/mol. The number of hydrogen-bond donors (Lipinski definition) is 1. The molecular weight excluding hydrogens is 368 g/mol. The average Bonchev–Trinajstić information content (AvgIpc) is 3.39. The lowest BCUT2D eigenvalue weighted by Gasteiger charge is -2.09. The Kier molecular flexibility index (Phi) is 4.51. The second-order valence-corrected chi connectivity index (χ2v) is 6.78. The molecule has 2 aromatic heterocycles. The number of benzene rings is 1. The molecule has 1 aromatic carbocycles. The van der Waals surface area contributed by atoms with Gasteiger partial charge in [-0.3, -0.25) is 14.9 Å². The normalized spacial score (nSPS) is 13.0. The van der Waals surface area contributed by atoms with E-state index in [1.807, 2.05) is 0 Å². The largest absolute Gasteiger partial charge is 0.465 e. The molecule has 4 rings (SSSR count). The fourth-order valence-electron chi connectivity index (χ4n) is 2.75. The molecule has 0 unspecified atom stereocenters. The minimum absolute atomic E-state index is 0.000898. The zero-order valence-electron chi connectivity index (χ0n) is 14.0. The minimum Gasteiger partial charge on any atom is -0.465 e. The number of rotatable bonds is 5. The van der Waals surface area contributed by atoms with Crippen molar-refractivity contribution in [2.45, 2.75) is 11.5 Å². The van der Waals surface area contributed by atoms with Crippen LogP contribution in [-0.2, 0) is 16.3 Å². The number of nitrogens with one attached hydrogen (secondary N) is 1. The molecule has 3 heterocycles. The van der Waals surface area contributed by atoms with E-state index in [0.29, 0.717) is 17.3 Å². The van der Waals surface area contributed by atoms with E-state index in [1.165, 1.54) is 24.5 Å². The Hall–Kier alpha value is -3.33. The van der Waals surface area contributed by atoms with Crippen molar-refractivity contribution in [1.29, 1.82) is 0 Å². The highest BCUT2D eigenvalue weighted by molar-refractivity contribution is 7.98. The molecule has 0 bridgehead atoms. The van der Waals surface area contributed by atoms with Crippen LogP contribution in [-0.4, -0.2) is 20.6 Å². The van der Waals surface area contributed by atoms with Crippen molar-refractivity contribution in [3.05, 3.63) is 75.9 Å². The first-order valence-corrected chi connectivity index (χ1v) is 9.23. The maximum Gasteiger partial charge on any atom is 0.269 e. The number of amides is 1. The molecule has 136 valence electrons. The van der Waals surface area contributed by atoms with Gasteiger partial charge in [0.05, 0.1) is 22.6 Å². The predicted octanol–water partition coefficient (Wildman–Crippen LogP) is 3.77. The maximum atomic E-state index is 12.4. The summed E-state index contributed by atoms with van der Waals surface area (Å²) in [7, 11) is 0. The lowest BCUT2D eigenvalue weighted by molar-refractivity contribution is -0.384. The molecule has 1 amide bonds. The number of nitro groups is 1. The highest BCUT2D eigenvalue weighted by Crippen LogP contribution is 2.36. The number of anilines is 1. The van der Waals surface area contributed by atoms with Gasteiger partial charge >= 0.3 is 0 Å². The smallest absolute Gasteiger partial charge is 0.269 e. The van der Waals surface area contributed by atoms with Crippen molar-refractivity contribution >= 4 is 35.3 Å². The topological polar surface area (TPSA) is 103 Å². The van der Waals surface area contributed by atoms with Crippen LogP contribution in [0.4, 0.5) is 11.5 Å². The van der Waals surface area contributed by atoms with Crippen LogP contribution in [0.2, 0.25) is 0 Å². The fraction of sp³-hybridized carbons (Fsp3) is 0.111. The zero-order valence-corrected chi connectivity index (χ0v) is 14.8. The summed E-state index contributed by atoms with van der Waals surface area (Å²) in [6.45, 7) is 0. The van der Waals surface area contributed by atoms with E-state index in [0.717, 1.165) is 22.8 Å². The van der Waals surface area contributed by atoms with Gasteiger partial charge in [0, 0.05) is 35.3 Å². The quantitative estimate of drug-likeness (QED) is 0.409. The number of furan rings is 1. The van der Waals surface area contributed by atoms with Crippen LogP contribution in [0.5, 0.6) is 0 Å². The predicted molar refractivity (Wildman–Crippen MR) is 102 cm³/mol. The van der Waals surface area contributed by atoms with Gasteiger partial charge in [-0.05, 0) is 30.3 Å². The first-order chi connectivity index (χ1) is 13.1. The summed E-state index contributed by atoms with van der Waals surface area (Å²) in [5.41, 5.74) is 2.52. The van der Waals surface area contributed by atoms with Crippen molar-refractivity contribution in [2.75, 3.05) is 5.32 Å². The lowest BCUT2D eigenvalue weighted by atomic mass is 10.2. The van der Waals surface area contributed by atoms with Gasteiger partial charge in [-0.15, -0.1) is 0 Å². The van der Waals surface area contributed by atoms with E-state index >= 15 is 0 Å². The molecule has 0 saturated heterocycles. The van der Waals surface area contributed by atoms with Crippen LogP contribution in [0.15, 0.2) is 53.2 Å². The number of aromatic nitrogens is 2. The Labute approximate surface area is 158 Å². The van der Waals surface area contributed by atoms with Crippen LogP contribution in [0.3, 0.4) is 0 Å². The molecule has 1 aliphatic rings. The molecule has 9 heteroatoms. The van der Waals surface area contributed by atoms with Crippen molar-refractivity contribution in [2.24, 2.45) is 0 Å². The Bertz CT molecular complexity index is 1020. The van der Waals surface area contributed by atoms with Gasteiger partial charge < -0.3 is 9.73 Å². The molecule has 0 spiro atoms. The number of thioether (sulfide) groups is 1. The van der Waals surface area contributed by atoms with Crippen molar-refractivity contribution in [1.82, 2.24) is 9.78 Å². The third kappa shape index (κ3) is 3.49. The Morgan fingerprint density at radius 3 is 2.81 bits per heavy atom. The van der Waals surface area contributed by atoms with Crippen LogP contribution < -0.4 is 5.32 Å². The maximum absolute atomic E-state index is 12.4. The molecule has 0 saturated carbocycles. The van der Waals surface area contributed by atoms with Crippen LogP contribution in [0.25, 0.3) is 11.8 Å². The number of hydrogen-bond acceptors (Lipinski definition) is 6. The van der Waals surface area contributed by atoms with Gasteiger partial charge in [-0.25, -0.2) is 4.68 Å². The number of nitro benzene ring substituents is 1. The monoisotopic (exact) mass is 382 g/mol. The van der Waals surface area contributed by atoms with E-state index in [4.69, 9.17) is 4.42 Å². The number of carbonyl (C=O) groups is 1. The molecule has 27 heavy (non-hydrogen) atoms. The summed E-state index contributed by atoms with van der Waals surface area (Å²) in [4.78, 5) is 22.8. The lowest BCUT2D eigenvalue weighted by Crippen LogP contribution is -2.13. The molecule has 0 fully saturated rings. The summed E-state index contributed by atoms with van der Waals surface area (Å²) in [5, 5.41) is 18.3. The van der Waals surface area contributed by atoms with E-state index in [1.54, 1.807) is 46.8 Å². The number of fused-ring (bicyclic) bond motifs is 1. The number of nitrogens with zero attached hydrogens (tertiary/aromatic N) is 3. The highest BCUT2D eigenvalue weighted by atomic mass is 32.2. The summed E-state index contributed by atoms with van der Waals surface area (Å²) < 4.78 is 6.79. The summed E-state index contributed by atoms with van der Waals surface area (Å²) in [5.74, 6) is 2.36. The third-order valence-corrected chi connectivity index (χ3v) is 5.01. The number of non-ortho nitro benzene ring substituents is 1. The first kappa shape index (κ1) is 17.1. The standard InChI is InChI=1S/C18H14N4O4S/c23-17(8-7-14-2-1-9-26-14)19-18-15-10-27-11-16(15)20-21(18)12-3-5-13(6-4-12)22(24)25/h1-9H,10-11H2,(H,19,23). The Balaban J connectivity index is 1.63. The molecule has 3 aromatic rings. The summed E-state index contributed by atoms with van der Waals surface area (Å²) in [6, 6.07) is 9.55. The van der Waals surface area contributed by atoms with Gasteiger partial charge in [-0.1, -0.05) is 0 Å². The van der Waals surface area contributed by atoms with Crippen LogP contribution in [0.1, 0.15) is 17.0 Å². The van der Waals surface area contributed by atoms with Gasteiger partial charge in [-0.2, -0.15) is 16.9 Å². The van der Waals surface area contributed by atoms with Gasteiger partial charge in [0.2, 0.25) is 5.91 Å². The molecule has 0 atom stereocenters. The molecule has 1 aliphatic heterocycles. The Morgan fingerprint density at radius 1 is 1.30 bits per heavy atom. The van der Waals surface area contributed by atoms with Gasteiger partial charge in [0.1, 0.15) is 11.6 Å². The zero-order chi connectivity index (χ0) is 18.8. The summed E-state index contributed by atoms with van der Waals surface area (Å²) >= 11 is 1.72. The summed E-state index contributed by atoms with van der Waals surface area (Å²) in [6.07, 6.45) is 4.50. The third-order valence-electron chi connectivity index (χ3n) is 4.04.